The Hall–Kier alpha value is -3.64. The van der Waals surface area contributed by atoms with Crippen LogP contribution in [-0.2, 0) is 6.54 Å². The molecule has 0 spiro atoms. The molecule has 0 saturated carbocycles. The lowest BCUT2D eigenvalue weighted by molar-refractivity contribution is 1.03. The first-order chi connectivity index (χ1) is 14.8. The summed E-state index contributed by atoms with van der Waals surface area (Å²) in [5.41, 5.74) is 5.19. The topological polar surface area (TPSA) is 63.6 Å². The molecule has 0 atom stereocenters. The van der Waals surface area contributed by atoms with Crippen LogP contribution in [0.25, 0.3) is 32.7 Å². The maximum atomic E-state index is 4.84. The van der Waals surface area contributed by atoms with Crippen LogP contribution in [0.1, 0.15) is 11.3 Å². The van der Waals surface area contributed by atoms with Gasteiger partial charge in [-0.25, -0.2) is 9.97 Å². The molecule has 0 aliphatic heterocycles. The summed E-state index contributed by atoms with van der Waals surface area (Å²) in [6.07, 6.45) is 5.33. The molecule has 4 aromatic heterocycles. The third kappa shape index (κ3) is 3.65. The summed E-state index contributed by atoms with van der Waals surface area (Å²) in [4.78, 5) is 19.5. The minimum absolute atomic E-state index is 0.585. The normalized spacial score (nSPS) is 11.0. The van der Waals surface area contributed by atoms with E-state index in [1.165, 1.54) is 16.0 Å². The molecular formula is C24H19N5S. The first-order valence-corrected chi connectivity index (χ1v) is 10.6. The highest BCUT2D eigenvalue weighted by atomic mass is 32.1. The van der Waals surface area contributed by atoms with Crippen LogP contribution in [0.4, 0.5) is 5.82 Å². The standard InChI is InChI=1S/C24H19N5S/c1-16-9-12-30-22(16)17-7-8-21-20(13-17)24(27-15-19-6-2-3-11-26-19)29-23(28-21)18-5-4-10-25-14-18/h2-14H,15H2,1H3,(H,27,28,29). The Balaban J connectivity index is 1.62. The maximum absolute atomic E-state index is 4.84. The van der Waals surface area contributed by atoms with Gasteiger partial charge in [-0.15, -0.1) is 11.3 Å². The Kier molecular flexibility index (Phi) is 4.91. The molecule has 30 heavy (non-hydrogen) atoms. The number of nitrogens with zero attached hydrogens (tertiary/aromatic N) is 4. The van der Waals surface area contributed by atoms with E-state index in [1.54, 1.807) is 29.9 Å². The fourth-order valence-corrected chi connectivity index (χ4v) is 4.30. The fraction of sp³-hybridized carbons (Fsp3) is 0.0833. The van der Waals surface area contributed by atoms with Crippen molar-refractivity contribution in [3.05, 3.63) is 89.8 Å². The van der Waals surface area contributed by atoms with Gasteiger partial charge in [0.25, 0.3) is 0 Å². The molecule has 0 bridgehead atoms. The van der Waals surface area contributed by atoms with E-state index in [2.05, 4.69) is 51.9 Å². The molecule has 0 fully saturated rings. The van der Waals surface area contributed by atoms with Crippen molar-refractivity contribution >= 4 is 28.1 Å². The summed E-state index contributed by atoms with van der Waals surface area (Å²) < 4.78 is 0. The quantitative estimate of drug-likeness (QED) is 0.401. The van der Waals surface area contributed by atoms with Gasteiger partial charge in [-0.1, -0.05) is 12.1 Å². The second-order valence-corrected chi connectivity index (χ2v) is 7.89. The largest absolute Gasteiger partial charge is 0.364 e. The van der Waals surface area contributed by atoms with E-state index in [1.807, 2.05) is 30.3 Å². The van der Waals surface area contributed by atoms with Crippen LogP contribution in [0.15, 0.2) is 78.6 Å². The van der Waals surface area contributed by atoms with Gasteiger partial charge in [0.1, 0.15) is 5.82 Å². The summed E-state index contributed by atoms with van der Waals surface area (Å²) in [6.45, 7) is 2.72. The van der Waals surface area contributed by atoms with Gasteiger partial charge in [0.05, 0.1) is 17.8 Å². The Morgan fingerprint density at radius 1 is 0.933 bits per heavy atom. The van der Waals surface area contributed by atoms with E-state index in [-0.39, 0.29) is 0 Å². The van der Waals surface area contributed by atoms with Gasteiger partial charge in [-0.3, -0.25) is 9.97 Å². The second kappa shape index (κ2) is 8.00. The highest BCUT2D eigenvalue weighted by Gasteiger charge is 2.12. The molecule has 0 radical (unpaired) electrons. The van der Waals surface area contributed by atoms with Crippen LogP contribution in [0, 0.1) is 6.92 Å². The van der Waals surface area contributed by atoms with Crippen molar-refractivity contribution in [1.82, 2.24) is 19.9 Å². The second-order valence-electron chi connectivity index (χ2n) is 6.98. The van der Waals surface area contributed by atoms with Crippen molar-refractivity contribution < 1.29 is 0 Å². The van der Waals surface area contributed by atoms with E-state index < -0.39 is 0 Å². The molecule has 146 valence electrons. The highest BCUT2D eigenvalue weighted by Crippen LogP contribution is 2.33. The lowest BCUT2D eigenvalue weighted by atomic mass is 10.1. The number of nitrogens with one attached hydrogen (secondary N) is 1. The third-order valence-electron chi connectivity index (χ3n) is 4.90. The number of pyridine rings is 2. The van der Waals surface area contributed by atoms with Gasteiger partial charge in [0.15, 0.2) is 5.82 Å². The summed E-state index contributed by atoms with van der Waals surface area (Å²) in [7, 11) is 0. The van der Waals surface area contributed by atoms with E-state index in [0.717, 1.165) is 28.0 Å². The molecule has 0 unspecified atom stereocenters. The summed E-state index contributed by atoms with van der Waals surface area (Å²) >= 11 is 1.75. The average molecular weight is 410 g/mol. The number of aromatic nitrogens is 4. The number of aryl methyl sites for hydroxylation is 1. The van der Waals surface area contributed by atoms with Gasteiger partial charge in [-0.05, 0) is 65.9 Å². The third-order valence-corrected chi connectivity index (χ3v) is 5.97. The van der Waals surface area contributed by atoms with Crippen LogP contribution >= 0.6 is 11.3 Å². The van der Waals surface area contributed by atoms with Crippen LogP contribution in [0.5, 0.6) is 0 Å². The Morgan fingerprint density at radius 2 is 1.90 bits per heavy atom. The number of fused-ring (bicyclic) bond motifs is 1. The van der Waals surface area contributed by atoms with Crippen LogP contribution in [0.2, 0.25) is 0 Å². The predicted molar refractivity (Wildman–Crippen MR) is 122 cm³/mol. The molecule has 0 amide bonds. The smallest absolute Gasteiger partial charge is 0.163 e. The zero-order valence-corrected chi connectivity index (χ0v) is 17.2. The lowest BCUT2D eigenvalue weighted by Crippen LogP contribution is -2.05. The molecule has 5 aromatic rings. The van der Waals surface area contributed by atoms with Crippen molar-refractivity contribution in [3.8, 4) is 21.8 Å². The van der Waals surface area contributed by atoms with E-state index >= 15 is 0 Å². The zero-order valence-electron chi connectivity index (χ0n) is 16.4. The van der Waals surface area contributed by atoms with Gasteiger partial charge in [0, 0.05) is 34.4 Å². The summed E-state index contributed by atoms with van der Waals surface area (Å²) in [5.74, 6) is 1.44. The molecule has 5 nitrogen and oxygen atoms in total. The number of hydrogen-bond donors (Lipinski definition) is 1. The minimum Gasteiger partial charge on any atom is -0.364 e. The van der Waals surface area contributed by atoms with Crippen molar-refractivity contribution in [3.63, 3.8) is 0 Å². The molecule has 6 heteroatoms. The zero-order chi connectivity index (χ0) is 20.3. The maximum Gasteiger partial charge on any atom is 0.163 e. The van der Waals surface area contributed by atoms with E-state index in [0.29, 0.717) is 12.4 Å². The number of benzene rings is 1. The minimum atomic E-state index is 0.585. The summed E-state index contributed by atoms with van der Waals surface area (Å²) in [5, 5.41) is 6.58. The average Bonchev–Trinajstić information content (AvgIpc) is 3.24. The summed E-state index contributed by atoms with van der Waals surface area (Å²) in [6, 6.07) is 18.3. The van der Waals surface area contributed by atoms with Gasteiger partial charge in [0.2, 0.25) is 0 Å². The van der Waals surface area contributed by atoms with Crippen molar-refractivity contribution in [2.45, 2.75) is 13.5 Å². The van der Waals surface area contributed by atoms with Crippen LogP contribution < -0.4 is 5.32 Å². The van der Waals surface area contributed by atoms with Crippen molar-refractivity contribution in [2.24, 2.45) is 0 Å². The molecule has 5 rings (SSSR count). The van der Waals surface area contributed by atoms with Gasteiger partial charge in [-0.2, -0.15) is 0 Å². The lowest BCUT2D eigenvalue weighted by Gasteiger charge is -2.12. The van der Waals surface area contributed by atoms with Crippen molar-refractivity contribution in [2.75, 3.05) is 5.32 Å². The molecular weight excluding hydrogens is 390 g/mol. The van der Waals surface area contributed by atoms with Crippen LogP contribution in [-0.4, -0.2) is 19.9 Å². The first kappa shape index (κ1) is 18.4. The molecule has 1 N–H and O–H groups in total. The Bertz CT molecular complexity index is 1300. The molecule has 0 aliphatic carbocycles. The Labute approximate surface area is 178 Å². The molecule has 4 heterocycles. The predicted octanol–water partition coefficient (Wildman–Crippen LogP) is 5.74. The van der Waals surface area contributed by atoms with Gasteiger partial charge >= 0.3 is 0 Å². The van der Waals surface area contributed by atoms with E-state index in [9.17, 15) is 0 Å². The molecule has 1 aromatic carbocycles. The fourth-order valence-electron chi connectivity index (χ4n) is 3.37. The highest BCUT2D eigenvalue weighted by molar-refractivity contribution is 7.13. The number of thiophene rings is 1. The van der Waals surface area contributed by atoms with Crippen LogP contribution in [0.3, 0.4) is 0 Å². The van der Waals surface area contributed by atoms with E-state index in [4.69, 9.17) is 9.97 Å². The number of rotatable bonds is 5. The van der Waals surface area contributed by atoms with Crippen molar-refractivity contribution in [1.29, 1.82) is 0 Å². The number of anilines is 1. The number of hydrogen-bond acceptors (Lipinski definition) is 6. The Morgan fingerprint density at radius 3 is 2.67 bits per heavy atom. The SMILES string of the molecule is Cc1ccsc1-c1ccc2nc(-c3cccnc3)nc(NCc3ccccn3)c2c1. The van der Waals surface area contributed by atoms with Gasteiger partial charge < -0.3 is 5.32 Å². The first-order valence-electron chi connectivity index (χ1n) is 9.68. The molecule has 0 saturated heterocycles. The monoisotopic (exact) mass is 409 g/mol. The molecule has 0 aliphatic rings.